The first kappa shape index (κ1) is 40.3. The summed E-state index contributed by atoms with van der Waals surface area (Å²) in [4.78, 5) is 72.8. The number of aliphatic hydroxyl groups excluding tert-OH is 1. The standard InChI is InChI=1S/C46H48N4O7Si/c1-33-44(58(2,3)56)42(28-43(54)47(24-25-51)29-34-14-7-4-8-15-34)57-46(33)40-27-39(50(32-53)37-19-11-6-12-20-37)22-23-41(40)48(45(46)55)30-35-16-13-21-38(26-35)49(31-52)36-17-9-5-10-18-36/h4-23,26-27,31-33,42,44,51,56H,24-25,28-30H2,1-3H3/t33-,42+,44-,46+/m1/s1. The molecule has 1 fully saturated rings. The number of fused-ring (bicyclic) bond motifs is 2. The van der Waals surface area contributed by atoms with E-state index in [2.05, 4.69) is 0 Å². The van der Waals surface area contributed by atoms with Gasteiger partial charge in [-0.25, -0.2) is 0 Å². The van der Waals surface area contributed by atoms with Gasteiger partial charge in [0.1, 0.15) is 0 Å². The van der Waals surface area contributed by atoms with Crippen LogP contribution in [0, 0.1) is 5.92 Å². The highest BCUT2D eigenvalue weighted by Gasteiger charge is 2.66. The molecule has 0 aliphatic carbocycles. The first-order valence-corrected chi connectivity index (χ1v) is 22.5. The summed E-state index contributed by atoms with van der Waals surface area (Å²) in [6, 6.07) is 40.8. The van der Waals surface area contributed by atoms with Crippen molar-refractivity contribution in [2.24, 2.45) is 5.92 Å². The van der Waals surface area contributed by atoms with Crippen LogP contribution in [-0.2, 0) is 42.6 Å². The Morgan fingerprint density at radius 2 is 1.33 bits per heavy atom. The van der Waals surface area contributed by atoms with Crippen LogP contribution in [0.4, 0.5) is 28.4 Å². The van der Waals surface area contributed by atoms with Crippen LogP contribution in [-0.4, -0.2) is 67.0 Å². The molecule has 7 rings (SSSR count). The number of hydrogen-bond acceptors (Lipinski definition) is 7. The maximum atomic E-state index is 15.4. The molecule has 0 radical (unpaired) electrons. The van der Waals surface area contributed by atoms with Crippen LogP contribution in [0.15, 0.2) is 133 Å². The van der Waals surface area contributed by atoms with Crippen molar-refractivity contribution in [3.63, 3.8) is 0 Å². The molecule has 11 nitrogen and oxygen atoms in total. The van der Waals surface area contributed by atoms with Crippen molar-refractivity contribution in [1.29, 1.82) is 0 Å². The highest BCUT2D eigenvalue weighted by molar-refractivity contribution is 6.71. The minimum Gasteiger partial charge on any atom is -0.432 e. The number of carbonyl (C=O) groups excluding carboxylic acids is 4. The van der Waals surface area contributed by atoms with E-state index in [-0.39, 0.29) is 44.5 Å². The molecule has 2 aliphatic heterocycles. The number of rotatable bonds is 15. The molecule has 4 amide bonds. The van der Waals surface area contributed by atoms with E-state index in [1.54, 1.807) is 29.0 Å². The lowest BCUT2D eigenvalue weighted by molar-refractivity contribution is -0.150. The second-order valence-corrected chi connectivity index (χ2v) is 19.4. The molecule has 4 atom stereocenters. The molecule has 5 aromatic carbocycles. The zero-order valence-electron chi connectivity index (χ0n) is 32.8. The number of aliphatic hydroxyl groups is 1. The van der Waals surface area contributed by atoms with Crippen molar-refractivity contribution in [2.75, 3.05) is 27.9 Å². The average molecular weight is 797 g/mol. The van der Waals surface area contributed by atoms with Gasteiger partial charge in [-0.2, -0.15) is 0 Å². The van der Waals surface area contributed by atoms with Crippen LogP contribution in [0.1, 0.15) is 30.0 Å². The second kappa shape index (κ2) is 16.9. The van der Waals surface area contributed by atoms with E-state index in [0.717, 1.165) is 23.9 Å². The monoisotopic (exact) mass is 796 g/mol. The van der Waals surface area contributed by atoms with E-state index in [0.29, 0.717) is 34.0 Å². The Bertz CT molecular complexity index is 2260. The van der Waals surface area contributed by atoms with E-state index < -0.39 is 31.5 Å². The van der Waals surface area contributed by atoms with Gasteiger partial charge in [-0.15, -0.1) is 0 Å². The molecule has 1 spiro atoms. The maximum Gasteiger partial charge on any atom is 0.264 e. The number of benzene rings is 5. The highest BCUT2D eigenvalue weighted by Crippen LogP contribution is 2.60. The molecule has 0 saturated carbocycles. The fourth-order valence-corrected chi connectivity index (χ4v) is 11.4. The number of carbonyl (C=O) groups is 4. The third-order valence-corrected chi connectivity index (χ3v) is 13.9. The summed E-state index contributed by atoms with van der Waals surface area (Å²) in [7, 11) is -3.16. The van der Waals surface area contributed by atoms with Crippen molar-refractivity contribution in [3.8, 4) is 0 Å². The van der Waals surface area contributed by atoms with Gasteiger partial charge in [-0.3, -0.25) is 29.0 Å². The summed E-state index contributed by atoms with van der Waals surface area (Å²) < 4.78 is 7.04. The zero-order chi connectivity index (χ0) is 41.0. The Balaban J connectivity index is 1.30. The minimum atomic E-state index is -3.16. The summed E-state index contributed by atoms with van der Waals surface area (Å²) in [6.07, 6.45) is 0.532. The summed E-state index contributed by atoms with van der Waals surface area (Å²) in [5.74, 6) is -1.20. The summed E-state index contributed by atoms with van der Waals surface area (Å²) in [6.45, 7) is 5.80. The molecule has 0 aromatic heterocycles. The molecule has 5 aromatic rings. The first-order valence-electron chi connectivity index (χ1n) is 19.5. The van der Waals surface area contributed by atoms with Gasteiger partial charge in [0.05, 0.1) is 31.4 Å². The van der Waals surface area contributed by atoms with Gasteiger partial charge in [0, 0.05) is 52.9 Å². The lowest BCUT2D eigenvalue weighted by atomic mass is 9.82. The summed E-state index contributed by atoms with van der Waals surface area (Å²) in [5.41, 5.74) is 3.09. The van der Waals surface area contributed by atoms with Crippen LogP contribution in [0.2, 0.25) is 18.6 Å². The van der Waals surface area contributed by atoms with Gasteiger partial charge in [-0.05, 0) is 78.8 Å². The molecule has 2 heterocycles. The Morgan fingerprint density at radius 1 is 0.776 bits per heavy atom. The first-order chi connectivity index (χ1) is 28.0. The number of hydrogen-bond donors (Lipinski definition) is 2. The van der Waals surface area contributed by atoms with Crippen LogP contribution < -0.4 is 14.7 Å². The molecule has 58 heavy (non-hydrogen) atoms. The van der Waals surface area contributed by atoms with Gasteiger partial charge in [0.25, 0.3) is 5.91 Å². The predicted octanol–water partition coefficient (Wildman–Crippen LogP) is 7.03. The lowest BCUT2D eigenvalue weighted by Crippen LogP contribution is -2.46. The average Bonchev–Trinajstić information content (AvgIpc) is 3.65. The fraction of sp³-hybridized carbons (Fsp3) is 0.261. The second-order valence-electron chi connectivity index (χ2n) is 15.5. The number of amides is 4. The zero-order valence-corrected chi connectivity index (χ0v) is 33.8. The number of anilines is 5. The Morgan fingerprint density at radius 3 is 1.90 bits per heavy atom. The van der Waals surface area contributed by atoms with Gasteiger partial charge in [-0.1, -0.05) is 85.8 Å². The highest BCUT2D eigenvalue weighted by atomic mass is 28.4. The molecule has 1 saturated heterocycles. The SMILES string of the molecule is C[C@@H]1[C@@H]([Si](C)(C)O)[C@H](CC(=O)N(CCO)Cc2ccccc2)O[C@@]12C(=O)N(Cc1cccc(N(C=O)c3ccccc3)c1)c1ccc(N(C=O)c3ccccc3)cc12. The van der Waals surface area contributed by atoms with Crippen molar-refractivity contribution < 1.29 is 33.8 Å². The molecule has 298 valence electrons. The van der Waals surface area contributed by atoms with Crippen LogP contribution in [0.3, 0.4) is 0 Å². The van der Waals surface area contributed by atoms with Crippen molar-refractivity contribution in [1.82, 2.24) is 4.90 Å². The quantitative estimate of drug-likeness (QED) is 0.0860. The van der Waals surface area contributed by atoms with Crippen molar-refractivity contribution in [2.45, 2.75) is 56.8 Å². The Labute approximate surface area is 339 Å². The third kappa shape index (κ3) is 7.71. The third-order valence-electron chi connectivity index (χ3n) is 11.4. The summed E-state index contributed by atoms with van der Waals surface area (Å²) >= 11 is 0. The van der Waals surface area contributed by atoms with E-state index in [4.69, 9.17) is 4.74 Å². The van der Waals surface area contributed by atoms with E-state index in [1.165, 1.54) is 9.80 Å². The van der Waals surface area contributed by atoms with Crippen LogP contribution >= 0.6 is 0 Å². The molecule has 0 bridgehead atoms. The molecule has 0 unspecified atom stereocenters. The van der Waals surface area contributed by atoms with Gasteiger partial charge in [0.2, 0.25) is 18.7 Å². The van der Waals surface area contributed by atoms with Crippen molar-refractivity contribution >= 4 is 61.4 Å². The largest absolute Gasteiger partial charge is 0.432 e. The van der Waals surface area contributed by atoms with Gasteiger partial charge in [0.15, 0.2) is 13.9 Å². The topological polar surface area (TPSA) is 131 Å². The molecular weight excluding hydrogens is 749 g/mol. The fourth-order valence-electron chi connectivity index (χ4n) is 8.80. The van der Waals surface area contributed by atoms with Crippen LogP contribution in [0.5, 0.6) is 0 Å². The van der Waals surface area contributed by atoms with E-state index >= 15 is 4.79 Å². The molecule has 12 heteroatoms. The Kier molecular flexibility index (Phi) is 11.7. The number of ether oxygens (including phenoxy) is 1. The predicted molar refractivity (Wildman–Crippen MR) is 226 cm³/mol. The summed E-state index contributed by atoms with van der Waals surface area (Å²) in [5, 5.41) is 9.95. The number of para-hydroxylation sites is 2. The molecular formula is C46H48N4O7Si. The minimum absolute atomic E-state index is 0.108. The van der Waals surface area contributed by atoms with Crippen LogP contribution in [0.25, 0.3) is 0 Å². The van der Waals surface area contributed by atoms with E-state index in [1.807, 2.05) is 134 Å². The normalized spacial score (nSPS) is 19.8. The Hall–Kier alpha value is -5.92. The maximum absolute atomic E-state index is 15.4. The lowest BCUT2D eigenvalue weighted by Gasteiger charge is -2.33. The number of nitrogens with zero attached hydrogens (tertiary/aromatic N) is 4. The smallest absolute Gasteiger partial charge is 0.264 e. The van der Waals surface area contributed by atoms with E-state index in [9.17, 15) is 24.3 Å². The van der Waals surface area contributed by atoms with Crippen molar-refractivity contribution in [3.05, 3.63) is 150 Å². The van der Waals surface area contributed by atoms with Gasteiger partial charge < -0.3 is 24.4 Å². The molecule has 2 aliphatic rings. The van der Waals surface area contributed by atoms with Gasteiger partial charge >= 0.3 is 0 Å². The molecule has 2 N–H and O–H groups in total.